The Morgan fingerprint density at radius 3 is 2.54 bits per heavy atom. The molecule has 0 aliphatic heterocycles. The molecule has 0 saturated carbocycles. The lowest BCUT2D eigenvalue weighted by Gasteiger charge is -2.11. The molecule has 2 aromatic carbocycles. The maximum atomic E-state index is 9.71. The molecule has 4 nitrogen and oxygen atoms in total. The second-order valence-corrected chi connectivity index (χ2v) is 7.00. The molecule has 0 unspecified atom stereocenters. The van der Waals surface area contributed by atoms with Crippen LogP contribution in [0.4, 0.5) is 0 Å². The van der Waals surface area contributed by atoms with Gasteiger partial charge >= 0.3 is 0 Å². The lowest BCUT2D eigenvalue weighted by molar-refractivity contribution is 0.242. The van der Waals surface area contributed by atoms with E-state index in [1.807, 2.05) is 73.0 Å². The third kappa shape index (κ3) is 3.39. The van der Waals surface area contributed by atoms with E-state index in [0.29, 0.717) is 12.2 Å². The highest BCUT2D eigenvalue weighted by atomic mass is 16.5. The van der Waals surface area contributed by atoms with E-state index in [-0.39, 0.29) is 6.10 Å². The van der Waals surface area contributed by atoms with Gasteiger partial charge in [0.05, 0.1) is 23.8 Å². The molecule has 0 spiro atoms. The van der Waals surface area contributed by atoms with Gasteiger partial charge < -0.3 is 13.9 Å². The minimum atomic E-state index is 0.168. The van der Waals surface area contributed by atoms with Crippen LogP contribution in [0.5, 0.6) is 11.5 Å². The van der Waals surface area contributed by atoms with Crippen LogP contribution < -0.4 is 9.47 Å². The number of nitriles is 1. The number of pyridine rings is 1. The summed E-state index contributed by atoms with van der Waals surface area (Å²) in [6.07, 6.45) is 2.92. The molecule has 0 N–H and O–H groups in total. The van der Waals surface area contributed by atoms with Crippen LogP contribution in [0.1, 0.15) is 25.0 Å². The zero-order chi connectivity index (χ0) is 19.5. The normalized spacial score (nSPS) is 11.1. The van der Waals surface area contributed by atoms with E-state index in [2.05, 4.69) is 18.2 Å². The van der Waals surface area contributed by atoms with Gasteiger partial charge in [-0.05, 0) is 49.7 Å². The Kier molecular flexibility index (Phi) is 4.90. The maximum absolute atomic E-state index is 9.71. The smallest absolute Gasteiger partial charge is 0.144 e. The summed E-state index contributed by atoms with van der Waals surface area (Å²) in [7, 11) is 0. The average Bonchev–Trinajstić information content (AvgIpc) is 3.03. The van der Waals surface area contributed by atoms with Gasteiger partial charge in [-0.25, -0.2) is 0 Å². The van der Waals surface area contributed by atoms with Crippen molar-refractivity contribution in [3.05, 3.63) is 78.0 Å². The average molecular weight is 370 g/mol. The van der Waals surface area contributed by atoms with Crippen molar-refractivity contribution in [3.63, 3.8) is 0 Å². The van der Waals surface area contributed by atoms with Gasteiger partial charge in [-0.15, -0.1) is 0 Å². The van der Waals surface area contributed by atoms with Crippen molar-refractivity contribution in [1.29, 1.82) is 5.26 Å². The number of aromatic nitrogens is 1. The van der Waals surface area contributed by atoms with Crippen LogP contribution in [-0.4, -0.2) is 17.1 Å². The van der Waals surface area contributed by atoms with Gasteiger partial charge in [-0.3, -0.25) is 0 Å². The topological polar surface area (TPSA) is 46.7 Å². The van der Waals surface area contributed by atoms with Gasteiger partial charge in [0.2, 0.25) is 0 Å². The summed E-state index contributed by atoms with van der Waals surface area (Å²) in [6, 6.07) is 22.3. The zero-order valence-corrected chi connectivity index (χ0v) is 16.1. The Morgan fingerprint density at radius 2 is 1.79 bits per heavy atom. The van der Waals surface area contributed by atoms with Crippen molar-refractivity contribution < 1.29 is 9.47 Å². The largest absolute Gasteiger partial charge is 0.491 e. The lowest BCUT2D eigenvalue weighted by atomic mass is 10.1. The monoisotopic (exact) mass is 370 g/mol. The molecule has 4 rings (SSSR count). The summed E-state index contributed by atoms with van der Waals surface area (Å²) in [6.45, 7) is 4.57. The van der Waals surface area contributed by atoms with Crippen molar-refractivity contribution in [2.24, 2.45) is 0 Å². The molecule has 28 heavy (non-hydrogen) atoms. The molecule has 2 heterocycles. The van der Waals surface area contributed by atoms with Gasteiger partial charge in [-0.2, -0.15) is 5.26 Å². The summed E-state index contributed by atoms with van der Waals surface area (Å²) >= 11 is 0. The summed E-state index contributed by atoms with van der Waals surface area (Å²) in [5.41, 5.74) is 3.68. The van der Waals surface area contributed by atoms with Crippen LogP contribution >= 0.6 is 0 Å². The van der Waals surface area contributed by atoms with Crippen molar-refractivity contribution in [3.8, 4) is 17.6 Å². The molecule has 140 valence electrons. The summed E-state index contributed by atoms with van der Waals surface area (Å²) < 4.78 is 13.8. The maximum Gasteiger partial charge on any atom is 0.144 e. The molecule has 0 atom stereocenters. The molecule has 0 fully saturated rings. The van der Waals surface area contributed by atoms with Crippen LogP contribution in [-0.2, 0) is 6.42 Å². The number of rotatable bonds is 6. The zero-order valence-electron chi connectivity index (χ0n) is 16.1. The molecule has 0 aliphatic carbocycles. The first kappa shape index (κ1) is 17.9. The van der Waals surface area contributed by atoms with Crippen LogP contribution in [0, 0.1) is 11.3 Å². The van der Waals surface area contributed by atoms with Crippen LogP contribution in [0.2, 0.25) is 0 Å². The minimum absolute atomic E-state index is 0.168. The van der Waals surface area contributed by atoms with Gasteiger partial charge in [0.25, 0.3) is 0 Å². The Labute approximate surface area is 164 Å². The van der Waals surface area contributed by atoms with E-state index >= 15 is 0 Å². The van der Waals surface area contributed by atoms with Crippen LogP contribution in [0.25, 0.3) is 16.4 Å². The number of benzene rings is 2. The molecule has 4 aromatic rings. The molecule has 0 aliphatic rings. The molecule has 2 aromatic heterocycles. The molecule has 0 saturated heterocycles. The van der Waals surface area contributed by atoms with E-state index in [1.165, 1.54) is 5.56 Å². The van der Waals surface area contributed by atoms with Gasteiger partial charge in [0.15, 0.2) is 0 Å². The van der Waals surface area contributed by atoms with E-state index in [9.17, 15) is 5.26 Å². The van der Waals surface area contributed by atoms with Gasteiger partial charge in [-0.1, -0.05) is 30.3 Å². The highest BCUT2D eigenvalue weighted by Crippen LogP contribution is 2.32. The third-order valence-electron chi connectivity index (χ3n) is 4.68. The van der Waals surface area contributed by atoms with E-state index in [1.54, 1.807) is 0 Å². The Bertz CT molecular complexity index is 1150. The summed E-state index contributed by atoms with van der Waals surface area (Å²) in [5.74, 6) is 1.61. The van der Waals surface area contributed by atoms with Crippen LogP contribution in [0.3, 0.4) is 0 Å². The molecule has 0 amide bonds. The number of ether oxygens (including phenoxy) is 2. The second kappa shape index (κ2) is 7.66. The van der Waals surface area contributed by atoms with Crippen molar-refractivity contribution in [2.45, 2.75) is 26.4 Å². The fraction of sp³-hybridized carbons (Fsp3) is 0.208. The fourth-order valence-electron chi connectivity index (χ4n) is 3.47. The molecule has 4 heteroatoms. The minimum Gasteiger partial charge on any atom is -0.491 e. The van der Waals surface area contributed by atoms with Crippen LogP contribution in [0.15, 0.2) is 66.9 Å². The highest BCUT2D eigenvalue weighted by molar-refractivity contribution is 5.97. The number of fused-ring (bicyclic) bond motifs is 3. The quantitative estimate of drug-likeness (QED) is 0.458. The highest BCUT2D eigenvalue weighted by Gasteiger charge is 2.15. The van der Waals surface area contributed by atoms with E-state index in [0.717, 1.165) is 34.3 Å². The van der Waals surface area contributed by atoms with Crippen molar-refractivity contribution >= 4 is 16.4 Å². The lowest BCUT2D eigenvalue weighted by Crippen LogP contribution is -2.06. The molecular formula is C24H22N2O2. The predicted octanol–water partition coefficient (Wildman–Crippen LogP) is 5.37. The van der Waals surface area contributed by atoms with Crippen molar-refractivity contribution in [2.75, 3.05) is 6.61 Å². The number of hydrogen-bond acceptors (Lipinski definition) is 3. The van der Waals surface area contributed by atoms with Gasteiger partial charge in [0.1, 0.15) is 23.1 Å². The number of hydrogen-bond donors (Lipinski definition) is 0. The van der Waals surface area contributed by atoms with Gasteiger partial charge in [0, 0.05) is 18.0 Å². The second-order valence-electron chi connectivity index (χ2n) is 7.00. The number of para-hydroxylation sites is 1. The Hall–Kier alpha value is -3.45. The van der Waals surface area contributed by atoms with E-state index in [4.69, 9.17) is 9.47 Å². The molecule has 0 radical (unpaired) electrons. The third-order valence-corrected chi connectivity index (χ3v) is 4.68. The summed E-state index contributed by atoms with van der Waals surface area (Å²) in [4.78, 5) is 0. The SMILES string of the molecule is CC(C)Oc1ccc(CCOc2cccn3c2c(C#N)c2ccccc23)cc1. The first-order chi connectivity index (χ1) is 13.7. The van der Waals surface area contributed by atoms with E-state index < -0.39 is 0 Å². The number of nitrogens with zero attached hydrogens (tertiary/aromatic N) is 2. The fourth-order valence-corrected chi connectivity index (χ4v) is 3.47. The van der Waals surface area contributed by atoms with Crippen molar-refractivity contribution in [1.82, 2.24) is 4.40 Å². The predicted molar refractivity (Wildman–Crippen MR) is 111 cm³/mol. The first-order valence-electron chi connectivity index (χ1n) is 9.47. The standard InChI is InChI=1S/C24H22N2O2/c1-17(2)28-19-11-9-18(10-12-19)13-15-27-23-8-5-14-26-22-7-4-3-6-20(22)21(16-25)24(23)26/h3-12,14,17H,13,15H2,1-2H3. The summed E-state index contributed by atoms with van der Waals surface area (Å²) in [5, 5.41) is 10.7. The Balaban J connectivity index is 1.55. The first-order valence-corrected chi connectivity index (χ1v) is 9.47. The Morgan fingerprint density at radius 1 is 1.00 bits per heavy atom. The molecule has 0 bridgehead atoms. The molecular weight excluding hydrogens is 348 g/mol.